The summed E-state index contributed by atoms with van der Waals surface area (Å²) in [5, 5.41) is 2.80. The summed E-state index contributed by atoms with van der Waals surface area (Å²) in [6.07, 6.45) is 1.24. The largest absolute Gasteiger partial charge is 0.497 e. The Morgan fingerprint density at radius 1 is 1.00 bits per heavy atom. The molecule has 1 aliphatic rings. The minimum Gasteiger partial charge on any atom is -0.497 e. The maximum absolute atomic E-state index is 13.1. The summed E-state index contributed by atoms with van der Waals surface area (Å²) >= 11 is 0. The van der Waals surface area contributed by atoms with Crippen LogP contribution in [0.25, 0.3) is 0 Å². The lowest BCUT2D eigenvalue weighted by Crippen LogP contribution is -2.41. The second-order valence-corrected chi connectivity index (χ2v) is 7.99. The minimum absolute atomic E-state index is 0.198. The molecule has 3 aromatic rings. The molecule has 4 rings (SSSR count). The second kappa shape index (κ2) is 10.7. The average molecular weight is 463 g/mol. The molecule has 1 N–H and O–H groups in total. The van der Waals surface area contributed by atoms with Gasteiger partial charge in [0.15, 0.2) is 5.76 Å². The highest BCUT2D eigenvalue weighted by Crippen LogP contribution is 2.26. The van der Waals surface area contributed by atoms with Crippen molar-refractivity contribution in [2.75, 3.05) is 25.5 Å². The van der Waals surface area contributed by atoms with Gasteiger partial charge >= 0.3 is 5.97 Å². The van der Waals surface area contributed by atoms with E-state index in [1.54, 1.807) is 72.7 Å². The standard InChI is InChI=1S/C26H26N2O6/c1-32-21-10-5-9-20(17-21)27-24(29)23(18-7-3-2-4-8-18)34-26(31)19-12-14-28(15-13-19)25(30)22-11-6-16-33-22/h2-11,16-17,19,23H,12-15H2,1H3,(H,27,29)/t23-/m0/s1. The molecule has 34 heavy (non-hydrogen) atoms. The molecule has 1 aromatic heterocycles. The number of ether oxygens (including phenoxy) is 2. The maximum atomic E-state index is 13.1. The number of piperidine rings is 1. The van der Waals surface area contributed by atoms with E-state index in [-0.39, 0.29) is 11.7 Å². The van der Waals surface area contributed by atoms with Gasteiger partial charge in [-0.2, -0.15) is 0 Å². The molecule has 0 spiro atoms. The van der Waals surface area contributed by atoms with Crippen LogP contribution in [0.4, 0.5) is 5.69 Å². The maximum Gasteiger partial charge on any atom is 0.310 e. The zero-order valence-corrected chi connectivity index (χ0v) is 18.8. The van der Waals surface area contributed by atoms with E-state index in [4.69, 9.17) is 13.9 Å². The number of likely N-dealkylation sites (tertiary alicyclic amines) is 1. The molecule has 2 heterocycles. The monoisotopic (exact) mass is 462 g/mol. The fourth-order valence-electron chi connectivity index (χ4n) is 3.90. The highest BCUT2D eigenvalue weighted by Gasteiger charge is 2.33. The molecule has 176 valence electrons. The van der Waals surface area contributed by atoms with Gasteiger partial charge in [-0.05, 0) is 37.1 Å². The number of hydrogen-bond acceptors (Lipinski definition) is 6. The first-order valence-corrected chi connectivity index (χ1v) is 11.1. The molecule has 0 bridgehead atoms. The van der Waals surface area contributed by atoms with Crippen LogP contribution in [0.1, 0.15) is 35.1 Å². The fraction of sp³-hybridized carbons (Fsp3) is 0.269. The quantitative estimate of drug-likeness (QED) is 0.532. The van der Waals surface area contributed by atoms with Crippen molar-refractivity contribution in [3.8, 4) is 5.75 Å². The molecule has 1 atom stereocenters. The Kier molecular flexibility index (Phi) is 7.27. The van der Waals surface area contributed by atoms with Gasteiger partial charge < -0.3 is 24.1 Å². The zero-order valence-electron chi connectivity index (χ0n) is 18.8. The number of nitrogens with zero attached hydrogens (tertiary/aromatic N) is 1. The molecular weight excluding hydrogens is 436 g/mol. The highest BCUT2D eigenvalue weighted by atomic mass is 16.5. The van der Waals surface area contributed by atoms with Crippen molar-refractivity contribution in [1.29, 1.82) is 0 Å². The second-order valence-electron chi connectivity index (χ2n) is 7.99. The Balaban J connectivity index is 1.42. The van der Waals surface area contributed by atoms with Gasteiger partial charge in [-0.25, -0.2) is 0 Å². The number of amides is 2. The molecule has 1 saturated heterocycles. The number of anilines is 1. The number of esters is 1. The van der Waals surface area contributed by atoms with Crippen LogP contribution in [-0.4, -0.2) is 42.9 Å². The Hall–Kier alpha value is -4.07. The third-order valence-electron chi connectivity index (χ3n) is 5.76. The zero-order chi connectivity index (χ0) is 23.9. The van der Waals surface area contributed by atoms with Crippen LogP contribution in [0.3, 0.4) is 0 Å². The third kappa shape index (κ3) is 5.46. The molecule has 0 radical (unpaired) electrons. The summed E-state index contributed by atoms with van der Waals surface area (Å²) in [5.74, 6) is -0.646. The van der Waals surface area contributed by atoms with Crippen LogP contribution in [-0.2, 0) is 14.3 Å². The molecule has 1 fully saturated rings. The molecule has 2 amide bonds. The van der Waals surface area contributed by atoms with Crippen LogP contribution in [0, 0.1) is 5.92 Å². The van der Waals surface area contributed by atoms with Crippen LogP contribution in [0.15, 0.2) is 77.4 Å². The number of carbonyl (C=O) groups excluding carboxylic acids is 3. The lowest BCUT2D eigenvalue weighted by atomic mass is 9.96. The van der Waals surface area contributed by atoms with Crippen LogP contribution in [0.2, 0.25) is 0 Å². The molecule has 1 aliphatic heterocycles. The topological polar surface area (TPSA) is 98.1 Å². The predicted molar refractivity (Wildman–Crippen MR) is 124 cm³/mol. The summed E-state index contributed by atoms with van der Waals surface area (Å²) in [6.45, 7) is 0.816. The number of hydrogen-bond donors (Lipinski definition) is 1. The summed E-state index contributed by atoms with van der Waals surface area (Å²) in [5.41, 5.74) is 1.10. The van der Waals surface area contributed by atoms with Crippen molar-refractivity contribution in [2.24, 2.45) is 5.92 Å². The number of carbonyl (C=O) groups is 3. The number of nitrogens with one attached hydrogen (secondary N) is 1. The number of rotatable bonds is 7. The van der Waals surface area contributed by atoms with Crippen molar-refractivity contribution in [3.63, 3.8) is 0 Å². The molecule has 0 saturated carbocycles. The van der Waals surface area contributed by atoms with E-state index < -0.39 is 23.9 Å². The first-order chi connectivity index (χ1) is 16.5. The third-order valence-corrected chi connectivity index (χ3v) is 5.76. The Morgan fingerprint density at radius 2 is 1.76 bits per heavy atom. The number of furan rings is 1. The minimum atomic E-state index is -1.11. The number of methoxy groups -OCH3 is 1. The average Bonchev–Trinajstić information content (AvgIpc) is 3.42. The first-order valence-electron chi connectivity index (χ1n) is 11.1. The first kappa shape index (κ1) is 23.1. The SMILES string of the molecule is COc1cccc(NC(=O)[C@@H](OC(=O)C2CCN(C(=O)c3ccco3)CC2)c2ccccc2)c1. The summed E-state index contributed by atoms with van der Waals surface area (Å²) in [7, 11) is 1.54. The number of benzene rings is 2. The molecule has 8 nitrogen and oxygen atoms in total. The van der Waals surface area contributed by atoms with Crippen molar-refractivity contribution in [1.82, 2.24) is 4.90 Å². The van der Waals surface area contributed by atoms with Crippen LogP contribution in [0.5, 0.6) is 5.75 Å². The van der Waals surface area contributed by atoms with Gasteiger partial charge in [-0.15, -0.1) is 0 Å². The lowest BCUT2D eigenvalue weighted by Gasteiger charge is -2.31. The predicted octanol–water partition coefficient (Wildman–Crippen LogP) is 4.06. The lowest BCUT2D eigenvalue weighted by molar-refractivity contribution is -0.160. The van der Waals surface area contributed by atoms with Gasteiger partial charge in [0.1, 0.15) is 5.75 Å². The van der Waals surface area contributed by atoms with E-state index in [2.05, 4.69) is 5.32 Å². The summed E-state index contributed by atoms with van der Waals surface area (Å²) in [6, 6.07) is 19.1. The summed E-state index contributed by atoms with van der Waals surface area (Å²) < 4.78 is 16.1. The smallest absolute Gasteiger partial charge is 0.310 e. The van der Waals surface area contributed by atoms with Crippen LogP contribution >= 0.6 is 0 Å². The van der Waals surface area contributed by atoms with E-state index >= 15 is 0 Å². The highest BCUT2D eigenvalue weighted by molar-refractivity contribution is 5.96. The molecule has 0 unspecified atom stereocenters. The molecule has 2 aromatic carbocycles. The fourth-order valence-corrected chi connectivity index (χ4v) is 3.90. The Bertz CT molecular complexity index is 1120. The van der Waals surface area contributed by atoms with Gasteiger partial charge in [0.05, 0.1) is 19.3 Å². The van der Waals surface area contributed by atoms with Gasteiger partial charge in [0.25, 0.3) is 11.8 Å². The van der Waals surface area contributed by atoms with Gasteiger partial charge in [-0.3, -0.25) is 14.4 Å². The van der Waals surface area contributed by atoms with Gasteiger partial charge in [-0.1, -0.05) is 36.4 Å². The molecular formula is C26H26N2O6. The van der Waals surface area contributed by atoms with Gasteiger partial charge in [0, 0.05) is 30.4 Å². The Labute approximate surface area is 197 Å². The Morgan fingerprint density at radius 3 is 2.44 bits per heavy atom. The van der Waals surface area contributed by atoms with Crippen LogP contribution < -0.4 is 10.1 Å². The van der Waals surface area contributed by atoms with E-state index in [9.17, 15) is 14.4 Å². The van der Waals surface area contributed by atoms with Crippen molar-refractivity contribution >= 4 is 23.5 Å². The van der Waals surface area contributed by atoms with Crippen molar-refractivity contribution in [2.45, 2.75) is 18.9 Å². The molecule has 0 aliphatic carbocycles. The van der Waals surface area contributed by atoms with E-state index in [1.165, 1.54) is 6.26 Å². The van der Waals surface area contributed by atoms with E-state index in [1.807, 2.05) is 6.07 Å². The van der Waals surface area contributed by atoms with E-state index in [0.717, 1.165) is 0 Å². The summed E-state index contributed by atoms with van der Waals surface area (Å²) in [4.78, 5) is 40.2. The van der Waals surface area contributed by atoms with Gasteiger partial charge in [0.2, 0.25) is 6.10 Å². The van der Waals surface area contributed by atoms with E-state index in [0.29, 0.717) is 42.9 Å². The van der Waals surface area contributed by atoms with Crippen molar-refractivity contribution in [3.05, 3.63) is 84.3 Å². The molecule has 8 heteroatoms. The normalized spacial score (nSPS) is 14.8. The van der Waals surface area contributed by atoms with Crippen molar-refractivity contribution < 1.29 is 28.3 Å².